The van der Waals surface area contributed by atoms with Crippen LogP contribution in [0.5, 0.6) is 0 Å². The van der Waals surface area contributed by atoms with E-state index in [-0.39, 0.29) is 30.5 Å². The van der Waals surface area contributed by atoms with Gasteiger partial charge in [0.2, 0.25) is 11.7 Å². The van der Waals surface area contributed by atoms with Crippen molar-refractivity contribution in [2.45, 2.75) is 44.9 Å². The Hall–Kier alpha value is -3.77. The summed E-state index contributed by atoms with van der Waals surface area (Å²) in [6.07, 6.45) is 0.558. The summed E-state index contributed by atoms with van der Waals surface area (Å²) in [7, 11) is 0. The van der Waals surface area contributed by atoms with Gasteiger partial charge in [0, 0.05) is 23.7 Å². The second-order valence-electron chi connectivity index (χ2n) is 8.69. The molecule has 1 amide bonds. The molecule has 0 aliphatic carbocycles. The van der Waals surface area contributed by atoms with Crippen molar-refractivity contribution in [2.75, 3.05) is 6.54 Å². The quantitative estimate of drug-likeness (QED) is 0.594. The van der Waals surface area contributed by atoms with E-state index in [1.54, 1.807) is 51.2 Å². The number of aliphatic hydroxyl groups excluding tert-OH is 1. The second kappa shape index (κ2) is 9.00. The highest BCUT2D eigenvalue weighted by Crippen LogP contribution is 2.33. The zero-order valence-electron chi connectivity index (χ0n) is 18.4. The molecule has 0 unspecified atom stereocenters. The van der Waals surface area contributed by atoms with Crippen LogP contribution in [0.25, 0.3) is 11.5 Å². The minimum Gasteiger partial charge on any atom is -0.444 e. The molecule has 2 atom stereocenters. The Kier molecular flexibility index (Phi) is 6.11. The summed E-state index contributed by atoms with van der Waals surface area (Å²) in [6, 6.07) is 8.89. The van der Waals surface area contributed by atoms with E-state index in [0.29, 0.717) is 16.8 Å². The maximum Gasteiger partial charge on any atom is 0.411 e. The first-order valence-electron chi connectivity index (χ1n) is 10.4. The number of likely N-dealkylation sites (tertiary alicyclic amines) is 1. The summed E-state index contributed by atoms with van der Waals surface area (Å²) in [5.41, 5.74) is 0.999. The molecule has 33 heavy (non-hydrogen) atoms. The average molecular weight is 450 g/mol. The van der Waals surface area contributed by atoms with Crippen molar-refractivity contribution in [2.24, 2.45) is 0 Å². The minimum absolute atomic E-state index is 0.119. The van der Waals surface area contributed by atoms with Crippen LogP contribution in [0.3, 0.4) is 0 Å². The Morgan fingerprint density at radius 3 is 2.73 bits per heavy atom. The van der Waals surface area contributed by atoms with Gasteiger partial charge in [-0.1, -0.05) is 23.1 Å². The molecule has 1 N–H and O–H groups in total. The molecule has 1 aliphatic rings. The predicted octanol–water partition coefficient (Wildman–Crippen LogP) is 3.71. The van der Waals surface area contributed by atoms with Gasteiger partial charge < -0.3 is 14.4 Å². The number of hydrogen-bond acceptors (Lipinski definition) is 7. The van der Waals surface area contributed by atoms with Gasteiger partial charge in [0.15, 0.2) is 0 Å². The molecule has 9 heteroatoms. The van der Waals surface area contributed by atoms with Crippen molar-refractivity contribution >= 4 is 6.09 Å². The van der Waals surface area contributed by atoms with Crippen molar-refractivity contribution in [3.05, 3.63) is 65.4 Å². The number of carbonyl (C=O) groups is 1. The number of hydrogen-bond donors (Lipinski definition) is 1. The fraction of sp³-hybridized carbons (Fsp3) is 0.333. The third kappa shape index (κ3) is 5.54. The number of nitrogens with zero attached hydrogens (tertiary/aromatic N) is 4. The first kappa shape index (κ1) is 22.4. The highest BCUT2D eigenvalue weighted by atomic mass is 19.1. The van der Waals surface area contributed by atoms with E-state index >= 15 is 0 Å². The van der Waals surface area contributed by atoms with Crippen LogP contribution < -0.4 is 0 Å². The molecule has 0 saturated carbocycles. The fourth-order valence-corrected chi connectivity index (χ4v) is 3.36. The summed E-state index contributed by atoms with van der Waals surface area (Å²) in [5.74, 6) is 5.92. The van der Waals surface area contributed by atoms with Gasteiger partial charge in [0.05, 0.1) is 12.6 Å². The lowest BCUT2D eigenvalue weighted by Gasteiger charge is -2.26. The van der Waals surface area contributed by atoms with Crippen molar-refractivity contribution in [1.29, 1.82) is 0 Å². The van der Waals surface area contributed by atoms with Crippen LogP contribution >= 0.6 is 0 Å². The fourth-order valence-electron chi connectivity index (χ4n) is 3.36. The Balaban J connectivity index is 1.49. The van der Waals surface area contributed by atoms with Crippen LogP contribution in [-0.2, 0) is 4.74 Å². The van der Waals surface area contributed by atoms with E-state index in [1.165, 1.54) is 17.0 Å². The molecule has 170 valence electrons. The first-order chi connectivity index (χ1) is 15.7. The van der Waals surface area contributed by atoms with Gasteiger partial charge >= 0.3 is 6.09 Å². The summed E-state index contributed by atoms with van der Waals surface area (Å²) in [4.78, 5) is 22.6. The molecule has 1 fully saturated rings. The van der Waals surface area contributed by atoms with Gasteiger partial charge in [-0.3, -0.25) is 9.88 Å². The number of β-amino-alcohol motifs (C(OH)–C–C–N with tert-alkyl or cyclic N) is 1. The van der Waals surface area contributed by atoms with Gasteiger partial charge in [-0.05, 0) is 51.1 Å². The Morgan fingerprint density at radius 1 is 1.24 bits per heavy atom. The van der Waals surface area contributed by atoms with Gasteiger partial charge in [-0.15, -0.1) is 0 Å². The van der Waals surface area contributed by atoms with E-state index in [0.717, 1.165) is 0 Å². The summed E-state index contributed by atoms with van der Waals surface area (Å²) < 4.78 is 24.1. The van der Waals surface area contributed by atoms with Crippen molar-refractivity contribution < 1.29 is 23.6 Å². The molecule has 8 nitrogen and oxygen atoms in total. The lowest BCUT2D eigenvalue weighted by molar-refractivity contribution is 0.0184. The first-order valence-corrected chi connectivity index (χ1v) is 10.4. The molecule has 0 bridgehead atoms. The van der Waals surface area contributed by atoms with Crippen LogP contribution in [0.4, 0.5) is 9.18 Å². The summed E-state index contributed by atoms with van der Waals surface area (Å²) in [6.45, 7) is 5.44. The Bertz CT molecular complexity index is 1210. The van der Waals surface area contributed by atoms with E-state index in [4.69, 9.17) is 9.26 Å². The SMILES string of the molecule is CC(C)(C)OC(=O)N1C[C@H](O)C[C@@H]1c1nc(-c2ccc(C#Cc3cccc(F)c3)cn2)no1. The number of pyridine rings is 1. The molecule has 4 rings (SSSR count). The maximum atomic E-state index is 13.3. The smallest absolute Gasteiger partial charge is 0.411 e. The van der Waals surface area contributed by atoms with Crippen LogP contribution in [0.1, 0.15) is 50.3 Å². The van der Waals surface area contributed by atoms with E-state index in [1.807, 2.05) is 0 Å². The number of aromatic nitrogens is 3. The third-order valence-electron chi connectivity index (χ3n) is 4.80. The Morgan fingerprint density at radius 2 is 2.03 bits per heavy atom. The van der Waals surface area contributed by atoms with E-state index in [2.05, 4.69) is 27.0 Å². The summed E-state index contributed by atoms with van der Waals surface area (Å²) in [5, 5.41) is 14.1. The van der Waals surface area contributed by atoms with Crippen LogP contribution in [0, 0.1) is 17.7 Å². The Labute approximate surface area is 190 Å². The van der Waals surface area contributed by atoms with Crippen molar-refractivity contribution in [3.8, 4) is 23.4 Å². The van der Waals surface area contributed by atoms with E-state index < -0.39 is 23.8 Å². The van der Waals surface area contributed by atoms with Gasteiger partial charge in [0.25, 0.3) is 0 Å². The molecule has 1 saturated heterocycles. The minimum atomic E-state index is -0.716. The van der Waals surface area contributed by atoms with E-state index in [9.17, 15) is 14.3 Å². The van der Waals surface area contributed by atoms with Crippen molar-refractivity contribution in [1.82, 2.24) is 20.0 Å². The normalized spacial score (nSPS) is 18.0. The molecule has 1 aliphatic heterocycles. The lowest BCUT2D eigenvalue weighted by atomic mass is 10.2. The molecule has 0 spiro atoms. The predicted molar refractivity (Wildman–Crippen MR) is 116 cm³/mol. The monoisotopic (exact) mass is 450 g/mol. The zero-order chi connectivity index (χ0) is 23.6. The number of halogens is 1. The van der Waals surface area contributed by atoms with Crippen LogP contribution in [0.2, 0.25) is 0 Å². The molecule has 3 aromatic rings. The molecule has 0 radical (unpaired) electrons. The molecular formula is C24H23FN4O4. The molecule has 1 aromatic carbocycles. The van der Waals surface area contributed by atoms with Crippen molar-refractivity contribution in [3.63, 3.8) is 0 Å². The molecule has 2 aromatic heterocycles. The van der Waals surface area contributed by atoms with Crippen LogP contribution in [0.15, 0.2) is 47.1 Å². The highest BCUT2D eigenvalue weighted by molar-refractivity contribution is 5.69. The number of rotatable bonds is 2. The number of amides is 1. The van der Waals surface area contributed by atoms with Gasteiger partial charge in [0.1, 0.15) is 23.2 Å². The highest BCUT2D eigenvalue weighted by Gasteiger charge is 2.40. The second-order valence-corrected chi connectivity index (χ2v) is 8.69. The number of carbonyl (C=O) groups excluding carboxylic acids is 1. The topological polar surface area (TPSA) is 102 Å². The standard InChI is InChI=1S/C24H23FN4O4/c1-24(2,3)32-23(31)29-14-18(30)12-20(29)22-27-21(28-33-22)19-10-9-16(13-26-19)8-7-15-5-4-6-17(25)11-15/h4-6,9-11,13,18,20,30H,12,14H2,1-3H3/t18-,20-/m1/s1. The largest absolute Gasteiger partial charge is 0.444 e. The summed E-state index contributed by atoms with van der Waals surface area (Å²) >= 11 is 0. The molecular weight excluding hydrogens is 427 g/mol. The number of ether oxygens (including phenoxy) is 1. The lowest BCUT2D eigenvalue weighted by Crippen LogP contribution is -2.37. The number of benzene rings is 1. The number of aliphatic hydroxyl groups is 1. The molecule has 3 heterocycles. The van der Waals surface area contributed by atoms with Crippen LogP contribution in [-0.4, -0.2) is 49.5 Å². The van der Waals surface area contributed by atoms with Gasteiger partial charge in [-0.25, -0.2) is 9.18 Å². The third-order valence-corrected chi connectivity index (χ3v) is 4.80. The van der Waals surface area contributed by atoms with Gasteiger partial charge in [-0.2, -0.15) is 4.98 Å². The maximum absolute atomic E-state index is 13.3. The average Bonchev–Trinajstić information content (AvgIpc) is 3.38. The zero-order valence-corrected chi connectivity index (χ0v) is 18.4.